The summed E-state index contributed by atoms with van der Waals surface area (Å²) < 4.78 is 6.64. The number of hydrogen-bond donors (Lipinski definition) is 1. The molecule has 1 N–H and O–H groups in total. The molecule has 0 aliphatic carbocycles. The van der Waals surface area contributed by atoms with Gasteiger partial charge >= 0.3 is 0 Å². The number of aromatic nitrogens is 4. The Balaban J connectivity index is 1.82. The van der Waals surface area contributed by atoms with Gasteiger partial charge in [-0.2, -0.15) is 5.10 Å². The van der Waals surface area contributed by atoms with Crippen LogP contribution in [0.3, 0.4) is 0 Å². The molecule has 3 heterocycles. The van der Waals surface area contributed by atoms with Gasteiger partial charge < -0.3 is 15.0 Å². The van der Waals surface area contributed by atoms with E-state index >= 15 is 0 Å². The molecule has 2 aromatic heterocycles. The summed E-state index contributed by atoms with van der Waals surface area (Å²) in [7, 11) is 1.50. The number of hydrogen-bond acceptors (Lipinski definition) is 7. The highest BCUT2D eigenvalue weighted by atomic mass is 32.2. The molecule has 0 spiro atoms. The second-order valence-corrected chi connectivity index (χ2v) is 6.74. The first-order valence-electron chi connectivity index (χ1n) is 8.51. The number of carbonyl (C=O) groups is 1. The fourth-order valence-corrected chi connectivity index (χ4v) is 3.36. The van der Waals surface area contributed by atoms with Gasteiger partial charge in [0.1, 0.15) is 12.4 Å². The first-order chi connectivity index (χ1) is 12.2. The van der Waals surface area contributed by atoms with Crippen molar-refractivity contribution in [2.75, 3.05) is 44.5 Å². The van der Waals surface area contributed by atoms with Gasteiger partial charge in [-0.1, -0.05) is 11.8 Å². The van der Waals surface area contributed by atoms with Crippen molar-refractivity contribution in [1.29, 1.82) is 0 Å². The highest BCUT2D eigenvalue weighted by Crippen LogP contribution is 2.28. The van der Waals surface area contributed by atoms with Gasteiger partial charge in [0.2, 0.25) is 5.91 Å². The van der Waals surface area contributed by atoms with Crippen LogP contribution in [0.5, 0.6) is 0 Å². The molecule has 8 nitrogen and oxygen atoms in total. The van der Waals surface area contributed by atoms with Crippen LogP contribution in [0.1, 0.15) is 19.3 Å². The lowest BCUT2D eigenvalue weighted by Gasteiger charge is -2.28. The molecule has 25 heavy (non-hydrogen) atoms. The molecule has 1 fully saturated rings. The van der Waals surface area contributed by atoms with E-state index in [1.165, 1.54) is 38.1 Å². The summed E-state index contributed by atoms with van der Waals surface area (Å²) in [6.45, 7) is 3.16. The van der Waals surface area contributed by atoms with Gasteiger partial charge in [-0.3, -0.25) is 4.79 Å². The number of fused-ring (bicyclic) bond motifs is 1. The van der Waals surface area contributed by atoms with Crippen LogP contribution in [0.4, 0.5) is 5.82 Å². The largest absolute Gasteiger partial charge is 0.375 e. The first kappa shape index (κ1) is 17.9. The molecule has 1 aliphatic rings. The van der Waals surface area contributed by atoms with Crippen LogP contribution in [-0.4, -0.2) is 65.3 Å². The van der Waals surface area contributed by atoms with Crippen molar-refractivity contribution in [3.63, 3.8) is 0 Å². The predicted octanol–water partition coefficient (Wildman–Crippen LogP) is 1.30. The second-order valence-electron chi connectivity index (χ2n) is 5.97. The molecule has 1 saturated heterocycles. The Kier molecular flexibility index (Phi) is 6.09. The van der Waals surface area contributed by atoms with Crippen molar-refractivity contribution < 1.29 is 9.53 Å². The van der Waals surface area contributed by atoms with E-state index in [0.717, 1.165) is 35.1 Å². The van der Waals surface area contributed by atoms with E-state index in [2.05, 4.69) is 20.3 Å². The standard InChI is InChI=1S/C16H24N6O2S/c1-24-11-13(23)17-6-9-22-15-12(10-18-22)14(19-16(20-15)25-2)21-7-4-3-5-8-21/h10H,3-9,11H2,1-2H3,(H,17,23). The van der Waals surface area contributed by atoms with Gasteiger partial charge in [-0.15, -0.1) is 0 Å². The third-order valence-electron chi connectivity index (χ3n) is 4.21. The SMILES string of the molecule is COCC(=O)NCCn1ncc2c(N3CCCCC3)nc(SC)nc21. The molecule has 0 unspecified atom stereocenters. The topological polar surface area (TPSA) is 85.2 Å². The summed E-state index contributed by atoms with van der Waals surface area (Å²) in [5.41, 5.74) is 0.820. The van der Waals surface area contributed by atoms with Crippen molar-refractivity contribution in [2.45, 2.75) is 31.0 Å². The Labute approximate surface area is 151 Å². The van der Waals surface area contributed by atoms with E-state index in [9.17, 15) is 4.79 Å². The van der Waals surface area contributed by atoms with Crippen molar-refractivity contribution in [3.05, 3.63) is 6.20 Å². The van der Waals surface area contributed by atoms with E-state index in [1.54, 1.807) is 0 Å². The Morgan fingerprint density at radius 2 is 2.12 bits per heavy atom. The molecule has 1 aliphatic heterocycles. The zero-order valence-electron chi connectivity index (χ0n) is 14.7. The number of piperidine rings is 1. The van der Waals surface area contributed by atoms with Crippen LogP contribution in [0, 0.1) is 0 Å². The van der Waals surface area contributed by atoms with Crippen molar-refractivity contribution in [2.24, 2.45) is 0 Å². The van der Waals surface area contributed by atoms with E-state index in [4.69, 9.17) is 9.72 Å². The number of methoxy groups -OCH3 is 1. The van der Waals surface area contributed by atoms with E-state index < -0.39 is 0 Å². The maximum atomic E-state index is 11.5. The second kappa shape index (κ2) is 8.48. The Bertz CT molecular complexity index is 729. The van der Waals surface area contributed by atoms with Crippen LogP contribution in [-0.2, 0) is 16.1 Å². The molecule has 2 aromatic rings. The molecule has 0 radical (unpaired) electrons. The van der Waals surface area contributed by atoms with Crippen molar-refractivity contribution in [3.8, 4) is 0 Å². The third-order valence-corrected chi connectivity index (χ3v) is 4.76. The lowest BCUT2D eigenvalue weighted by atomic mass is 10.1. The van der Waals surface area contributed by atoms with Crippen LogP contribution >= 0.6 is 11.8 Å². The summed E-state index contributed by atoms with van der Waals surface area (Å²) in [4.78, 5) is 23.2. The van der Waals surface area contributed by atoms with Gasteiger partial charge in [0.05, 0.1) is 18.1 Å². The lowest BCUT2D eigenvalue weighted by molar-refractivity contribution is -0.124. The fraction of sp³-hybridized carbons (Fsp3) is 0.625. The van der Waals surface area contributed by atoms with Crippen LogP contribution in [0.2, 0.25) is 0 Å². The highest BCUT2D eigenvalue weighted by molar-refractivity contribution is 7.98. The van der Waals surface area contributed by atoms with E-state index in [0.29, 0.717) is 13.1 Å². The van der Waals surface area contributed by atoms with E-state index in [1.807, 2.05) is 17.1 Å². The first-order valence-corrected chi connectivity index (χ1v) is 9.73. The van der Waals surface area contributed by atoms with E-state index in [-0.39, 0.29) is 12.5 Å². The number of nitrogens with zero attached hydrogens (tertiary/aromatic N) is 5. The monoisotopic (exact) mass is 364 g/mol. The summed E-state index contributed by atoms with van der Waals surface area (Å²) in [5, 5.41) is 9.00. The number of carbonyl (C=O) groups excluding carboxylic acids is 1. The average Bonchev–Trinajstić information content (AvgIpc) is 3.05. The molecular weight excluding hydrogens is 340 g/mol. The molecule has 3 rings (SSSR count). The van der Waals surface area contributed by atoms with Gasteiger partial charge in [-0.25, -0.2) is 14.6 Å². The van der Waals surface area contributed by atoms with Crippen molar-refractivity contribution >= 4 is 34.5 Å². The van der Waals surface area contributed by atoms with Crippen molar-refractivity contribution in [1.82, 2.24) is 25.1 Å². The number of nitrogens with one attached hydrogen (secondary N) is 1. The number of anilines is 1. The van der Waals surface area contributed by atoms with Crippen LogP contribution in [0.15, 0.2) is 11.4 Å². The Morgan fingerprint density at radius 1 is 1.32 bits per heavy atom. The Hall–Kier alpha value is -1.87. The summed E-state index contributed by atoms with van der Waals surface area (Å²) in [5.74, 6) is 0.844. The molecule has 0 bridgehead atoms. The molecule has 0 atom stereocenters. The minimum absolute atomic E-state index is 0.0672. The molecule has 0 aromatic carbocycles. The number of amides is 1. The molecule has 136 valence electrons. The van der Waals surface area contributed by atoms with Gasteiger partial charge in [-0.05, 0) is 25.5 Å². The zero-order chi connectivity index (χ0) is 17.6. The van der Waals surface area contributed by atoms with Gasteiger partial charge in [0, 0.05) is 26.7 Å². The zero-order valence-corrected chi connectivity index (χ0v) is 15.5. The normalized spacial score (nSPS) is 14.9. The molecule has 0 saturated carbocycles. The smallest absolute Gasteiger partial charge is 0.246 e. The van der Waals surface area contributed by atoms with Crippen LogP contribution < -0.4 is 10.2 Å². The van der Waals surface area contributed by atoms with Crippen LogP contribution in [0.25, 0.3) is 11.0 Å². The molecule has 9 heteroatoms. The quantitative estimate of drug-likeness (QED) is 0.585. The highest BCUT2D eigenvalue weighted by Gasteiger charge is 2.19. The molecular formula is C16H24N6O2S. The third kappa shape index (κ3) is 4.21. The van der Waals surface area contributed by atoms with Gasteiger partial charge in [0.25, 0.3) is 0 Å². The maximum absolute atomic E-state index is 11.5. The number of rotatable bonds is 7. The minimum atomic E-state index is -0.132. The number of ether oxygens (including phenoxy) is 1. The fourth-order valence-electron chi connectivity index (χ4n) is 3.01. The predicted molar refractivity (Wildman–Crippen MR) is 98.1 cm³/mol. The summed E-state index contributed by atoms with van der Waals surface area (Å²) in [6, 6.07) is 0. The summed E-state index contributed by atoms with van der Waals surface area (Å²) >= 11 is 1.53. The minimum Gasteiger partial charge on any atom is -0.375 e. The number of thioether (sulfide) groups is 1. The lowest BCUT2D eigenvalue weighted by Crippen LogP contribution is -2.31. The Morgan fingerprint density at radius 3 is 2.84 bits per heavy atom. The average molecular weight is 364 g/mol. The maximum Gasteiger partial charge on any atom is 0.246 e. The van der Waals surface area contributed by atoms with Gasteiger partial charge in [0.15, 0.2) is 10.8 Å². The molecule has 1 amide bonds. The summed E-state index contributed by atoms with van der Waals surface area (Å²) in [6.07, 6.45) is 7.48.